The summed E-state index contributed by atoms with van der Waals surface area (Å²) in [4.78, 5) is 12.6. The van der Waals surface area contributed by atoms with Crippen molar-refractivity contribution in [2.75, 3.05) is 0 Å². The van der Waals surface area contributed by atoms with E-state index in [1.807, 2.05) is 91.0 Å². The Labute approximate surface area is 254 Å². The number of unbranched alkanes of at least 4 members (excludes halogenated alkanes) is 7. The first kappa shape index (κ1) is 31.6. The number of carboxylic acid groups (broad SMARTS) is 1. The lowest BCUT2D eigenvalue weighted by molar-refractivity contribution is -0.138. The van der Waals surface area contributed by atoms with Crippen molar-refractivity contribution < 1.29 is 14.6 Å². The minimum absolute atomic E-state index is 0.00775. The van der Waals surface area contributed by atoms with E-state index in [0.29, 0.717) is 6.42 Å². The van der Waals surface area contributed by atoms with Gasteiger partial charge in [-0.15, -0.1) is 0 Å². The molecule has 224 valence electrons. The Morgan fingerprint density at radius 3 is 1.64 bits per heavy atom. The fraction of sp³-hybridized carbons (Fsp3) is 0.462. The molecule has 4 rings (SSSR count). The monoisotopic (exact) mass is 566 g/mol. The molecule has 42 heavy (non-hydrogen) atoms. The van der Waals surface area contributed by atoms with E-state index in [0.717, 1.165) is 41.4 Å². The SMILES string of the molecule is CCCCCCCC[C@H]1CCC[C@@H]1CCCCC=C(OC(c1ccccc1)(c1ccccc1)c1ccccc1)C(=O)O. The summed E-state index contributed by atoms with van der Waals surface area (Å²) in [6.07, 6.45) is 19.7. The molecule has 1 saturated carbocycles. The maximum atomic E-state index is 12.6. The molecule has 1 N–H and O–H groups in total. The van der Waals surface area contributed by atoms with Gasteiger partial charge in [0.05, 0.1) is 0 Å². The minimum atomic E-state index is -1.08. The van der Waals surface area contributed by atoms with Gasteiger partial charge in [0.1, 0.15) is 0 Å². The van der Waals surface area contributed by atoms with Crippen LogP contribution in [0.2, 0.25) is 0 Å². The standard InChI is InChI=1S/C39H50O3/c1-2-3-4-5-6-11-21-32-23-20-24-33(32)22-12-7-19-31-37(38(40)41)42-39(34-25-13-8-14-26-34,35-27-15-9-16-28-35)36-29-17-10-18-30-36/h8-10,13-18,25-33H,2-7,11-12,19-24H2,1H3,(H,40,41)/t32-,33-/m0/s1. The molecule has 2 atom stereocenters. The van der Waals surface area contributed by atoms with Crippen LogP contribution in [0.25, 0.3) is 0 Å². The van der Waals surface area contributed by atoms with Crippen LogP contribution in [0.4, 0.5) is 0 Å². The highest BCUT2D eigenvalue weighted by Crippen LogP contribution is 2.42. The molecule has 3 heteroatoms. The minimum Gasteiger partial charge on any atom is -0.475 e. The van der Waals surface area contributed by atoms with Gasteiger partial charge < -0.3 is 9.84 Å². The Kier molecular flexibility index (Phi) is 12.8. The molecular formula is C39H50O3. The average molecular weight is 567 g/mol. The normalized spacial score (nSPS) is 17.3. The van der Waals surface area contributed by atoms with Crippen LogP contribution < -0.4 is 0 Å². The Morgan fingerprint density at radius 2 is 1.17 bits per heavy atom. The van der Waals surface area contributed by atoms with Gasteiger partial charge in [-0.1, -0.05) is 175 Å². The van der Waals surface area contributed by atoms with E-state index in [-0.39, 0.29) is 5.76 Å². The maximum absolute atomic E-state index is 12.6. The number of hydrogen-bond donors (Lipinski definition) is 1. The molecule has 3 aromatic carbocycles. The second kappa shape index (κ2) is 16.9. The van der Waals surface area contributed by atoms with Gasteiger partial charge in [0, 0.05) is 16.7 Å². The number of carboxylic acids is 1. The number of aliphatic carboxylic acids is 1. The smallest absolute Gasteiger partial charge is 0.370 e. The van der Waals surface area contributed by atoms with Gasteiger partial charge >= 0.3 is 5.97 Å². The van der Waals surface area contributed by atoms with Crippen LogP contribution in [-0.2, 0) is 15.1 Å². The molecule has 0 bridgehead atoms. The average Bonchev–Trinajstić information content (AvgIpc) is 3.48. The van der Waals surface area contributed by atoms with Crippen LogP contribution in [0.15, 0.2) is 103 Å². The van der Waals surface area contributed by atoms with Crippen molar-refractivity contribution >= 4 is 5.97 Å². The number of rotatable bonds is 18. The van der Waals surface area contributed by atoms with E-state index in [1.165, 1.54) is 70.6 Å². The molecule has 0 saturated heterocycles. The van der Waals surface area contributed by atoms with E-state index >= 15 is 0 Å². The number of hydrogen-bond acceptors (Lipinski definition) is 2. The van der Waals surface area contributed by atoms with Crippen LogP contribution in [-0.4, -0.2) is 11.1 Å². The molecule has 0 spiro atoms. The molecule has 0 amide bonds. The topological polar surface area (TPSA) is 46.5 Å². The molecule has 0 aliphatic heterocycles. The van der Waals surface area contributed by atoms with E-state index in [9.17, 15) is 9.90 Å². The van der Waals surface area contributed by atoms with E-state index in [2.05, 4.69) is 6.92 Å². The Hall–Kier alpha value is -3.33. The first-order valence-corrected chi connectivity index (χ1v) is 16.4. The van der Waals surface area contributed by atoms with Crippen molar-refractivity contribution in [2.45, 2.75) is 102 Å². The number of benzene rings is 3. The predicted molar refractivity (Wildman–Crippen MR) is 173 cm³/mol. The zero-order valence-corrected chi connectivity index (χ0v) is 25.6. The Balaban J connectivity index is 1.43. The summed E-state index contributed by atoms with van der Waals surface area (Å²) in [5.74, 6) is 0.722. The molecule has 3 nitrogen and oxygen atoms in total. The van der Waals surface area contributed by atoms with Crippen molar-refractivity contribution in [3.05, 3.63) is 120 Å². The third kappa shape index (κ3) is 8.60. The molecular weight excluding hydrogens is 516 g/mol. The fourth-order valence-electron chi connectivity index (χ4n) is 6.88. The van der Waals surface area contributed by atoms with Crippen molar-refractivity contribution in [1.82, 2.24) is 0 Å². The number of ether oxygens (including phenoxy) is 1. The van der Waals surface area contributed by atoms with Crippen LogP contribution in [0, 0.1) is 11.8 Å². The van der Waals surface area contributed by atoms with Gasteiger partial charge in [0.15, 0.2) is 5.60 Å². The lowest BCUT2D eigenvalue weighted by Crippen LogP contribution is -2.34. The molecule has 1 aliphatic rings. The van der Waals surface area contributed by atoms with Crippen molar-refractivity contribution in [3.8, 4) is 0 Å². The van der Waals surface area contributed by atoms with Crippen molar-refractivity contribution in [3.63, 3.8) is 0 Å². The largest absolute Gasteiger partial charge is 0.475 e. The van der Waals surface area contributed by atoms with E-state index < -0.39 is 11.6 Å². The lowest BCUT2D eigenvalue weighted by atomic mass is 9.80. The van der Waals surface area contributed by atoms with Gasteiger partial charge in [-0.05, 0) is 30.8 Å². The second-order valence-electron chi connectivity index (χ2n) is 12.0. The molecule has 0 heterocycles. The third-order valence-electron chi connectivity index (χ3n) is 9.12. The highest BCUT2D eigenvalue weighted by atomic mass is 16.5. The summed E-state index contributed by atoms with van der Waals surface area (Å²) < 4.78 is 6.70. The van der Waals surface area contributed by atoms with Gasteiger partial charge in [-0.2, -0.15) is 0 Å². The molecule has 3 aromatic rings. The Bertz CT molecular complexity index is 1110. The summed E-state index contributed by atoms with van der Waals surface area (Å²) in [6.45, 7) is 2.28. The summed E-state index contributed by atoms with van der Waals surface area (Å²) in [5.41, 5.74) is 1.60. The third-order valence-corrected chi connectivity index (χ3v) is 9.12. The fourth-order valence-corrected chi connectivity index (χ4v) is 6.88. The first-order valence-electron chi connectivity index (χ1n) is 16.4. The van der Waals surface area contributed by atoms with Gasteiger partial charge in [0.2, 0.25) is 5.76 Å². The lowest BCUT2D eigenvalue weighted by Gasteiger charge is -2.36. The second-order valence-corrected chi connectivity index (χ2v) is 12.0. The summed E-state index contributed by atoms with van der Waals surface area (Å²) in [6, 6.07) is 29.9. The molecule has 1 aliphatic carbocycles. The zero-order chi connectivity index (χ0) is 29.5. The number of allylic oxidation sites excluding steroid dienone is 1. The molecule has 0 unspecified atom stereocenters. The maximum Gasteiger partial charge on any atom is 0.370 e. The first-order chi connectivity index (χ1) is 20.6. The highest BCUT2D eigenvalue weighted by Gasteiger charge is 2.40. The van der Waals surface area contributed by atoms with Crippen molar-refractivity contribution in [1.29, 1.82) is 0 Å². The van der Waals surface area contributed by atoms with Gasteiger partial charge in [0.25, 0.3) is 0 Å². The molecule has 1 fully saturated rings. The zero-order valence-electron chi connectivity index (χ0n) is 25.6. The van der Waals surface area contributed by atoms with Gasteiger partial charge in [-0.3, -0.25) is 0 Å². The van der Waals surface area contributed by atoms with Crippen molar-refractivity contribution in [2.24, 2.45) is 11.8 Å². The van der Waals surface area contributed by atoms with Crippen LogP contribution in [0.5, 0.6) is 0 Å². The van der Waals surface area contributed by atoms with E-state index in [1.54, 1.807) is 6.08 Å². The quantitative estimate of drug-likeness (QED) is 0.0721. The molecule has 0 radical (unpaired) electrons. The Morgan fingerprint density at radius 1 is 0.714 bits per heavy atom. The number of carbonyl (C=O) groups is 1. The van der Waals surface area contributed by atoms with Crippen LogP contribution >= 0.6 is 0 Å². The summed E-state index contributed by atoms with van der Waals surface area (Å²) in [7, 11) is 0. The highest BCUT2D eigenvalue weighted by molar-refractivity contribution is 5.84. The molecule has 0 aromatic heterocycles. The van der Waals surface area contributed by atoms with E-state index in [4.69, 9.17) is 4.74 Å². The van der Waals surface area contributed by atoms with Crippen LogP contribution in [0.1, 0.15) is 114 Å². The van der Waals surface area contributed by atoms with Gasteiger partial charge in [-0.25, -0.2) is 4.79 Å². The predicted octanol–water partition coefficient (Wildman–Crippen LogP) is 10.7. The van der Waals surface area contributed by atoms with Crippen LogP contribution in [0.3, 0.4) is 0 Å². The summed E-state index contributed by atoms with van der Waals surface area (Å²) >= 11 is 0. The summed E-state index contributed by atoms with van der Waals surface area (Å²) in [5, 5.41) is 10.3.